The van der Waals surface area contributed by atoms with Crippen LogP contribution in [-0.2, 0) is 4.79 Å². The lowest BCUT2D eigenvalue weighted by Crippen LogP contribution is -2.73. The number of carbonyl (C=O) groups is 1. The minimum atomic E-state index is -2.53. The molecule has 0 aromatic heterocycles. The Morgan fingerprint density at radius 1 is 0.969 bits per heavy atom. The molecule has 32 heavy (non-hydrogen) atoms. The van der Waals surface area contributed by atoms with Crippen LogP contribution in [0.3, 0.4) is 0 Å². The first-order valence-electron chi connectivity index (χ1n) is 12.2. The number of aliphatic hydroxyl groups excluding tert-OH is 4. The van der Waals surface area contributed by atoms with Gasteiger partial charge in [0.1, 0.15) is 6.10 Å². The molecule has 0 aliphatic heterocycles. The van der Waals surface area contributed by atoms with E-state index in [1.54, 1.807) is 6.92 Å². The van der Waals surface area contributed by atoms with Crippen LogP contribution in [0.4, 0.5) is 0 Å². The molecule has 0 aromatic carbocycles. The Hall–Kier alpha value is -0.770. The van der Waals surface area contributed by atoms with Gasteiger partial charge in [-0.05, 0) is 79.4 Å². The molecule has 4 fully saturated rings. The quantitative estimate of drug-likeness (QED) is 0.305. The Bertz CT molecular complexity index is 742. The van der Waals surface area contributed by atoms with Gasteiger partial charge in [-0.1, -0.05) is 20.8 Å². The van der Waals surface area contributed by atoms with E-state index >= 15 is 0 Å². The van der Waals surface area contributed by atoms with Gasteiger partial charge in [0, 0.05) is 11.8 Å². The van der Waals surface area contributed by atoms with Crippen molar-refractivity contribution in [2.24, 2.45) is 46.3 Å². The summed E-state index contributed by atoms with van der Waals surface area (Å²) in [5, 5.41) is 74.7. The van der Waals surface area contributed by atoms with Crippen LogP contribution >= 0.6 is 0 Å². The third-order valence-electron chi connectivity index (χ3n) is 10.7. The molecule has 4 aliphatic carbocycles. The minimum absolute atomic E-state index is 0.0407. The molecule has 4 aliphatic rings. The number of aliphatic hydroxyl groups is 6. The van der Waals surface area contributed by atoms with Crippen molar-refractivity contribution in [3.05, 3.63) is 0 Å². The first-order chi connectivity index (χ1) is 14.8. The second-order valence-corrected chi connectivity index (χ2v) is 11.8. The number of carboxylic acid groups (broad SMARTS) is 1. The van der Waals surface area contributed by atoms with Crippen molar-refractivity contribution in [3.8, 4) is 0 Å². The maximum absolute atomic E-state index is 11.5. The Morgan fingerprint density at radius 3 is 2.22 bits per heavy atom. The van der Waals surface area contributed by atoms with Crippen molar-refractivity contribution in [2.75, 3.05) is 0 Å². The van der Waals surface area contributed by atoms with Crippen LogP contribution in [0.5, 0.6) is 0 Å². The van der Waals surface area contributed by atoms with Crippen LogP contribution in [0.2, 0.25) is 0 Å². The summed E-state index contributed by atoms with van der Waals surface area (Å²) in [5.74, 6) is -4.25. The predicted octanol–water partition coefficient (Wildman–Crippen LogP) is 0.710. The Kier molecular flexibility index (Phi) is 6.00. The highest BCUT2D eigenvalue weighted by atomic mass is 16.5. The van der Waals surface area contributed by atoms with Gasteiger partial charge in [0.05, 0.1) is 18.3 Å². The summed E-state index contributed by atoms with van der Waals surface area (Å²) < 4.78 is 0. The van der Waals surface area contributed by atoms with Gasteiger partial charge in [0.2, 0.25) is 0 Å². The van der Waals surface area contributed by atoms with Gasteiger partial charge < -0.3 is 35.7 Å². The Balaban J connectivity index is 1.68. The fraction of sp³-hybridized carbons (Fsp3) is 0.958. The fourth-order valence-corrected chi connectivity index (χ4v) is 8.84. The zero-order chi connectivity index (χ0) is 23.8. The zero-order valence-electron chi connectivity index (χ0n) is 19.3. The monoisotopic (exact) mass is 456 g/mol. The van der Waals surface area contributed by atoms with E-state index < -0.39 is 58.8 Å². The second kappa shape index (κ2) is 7.89. The molecular formula is C24H40O8. The van der Waals surface area contributed by atoms with E-state index in [0.29, 0.717) is 12.8 Å². The maximum atomic E-state index is 11.5. The number of aliphatic carboxylic acids is 1. The van der Waals surface area contributed by atoms with Crippen LogP contribution in [0.1, 0.15) is 65.7 Å². The summed E-state index contributed by atoms with van der Waals surface area (Å²) >= 11 is 0. The van der Waals surface area contributed by atoms with Crippen LogP contribution in [0, 0.1) is 46.3 Å². The van der Waals surface area contributed by atoms with Crippen LogP contribution in [0.15, 0.2) is 0 Å². The lowest BCUT2D eigenvalue weighted by atomic mass is 9.41. The number of hydrogen-bond acceptors (Lipinski definition) is 7. The second-order valence-electron chi connectivity index (χ2n) is 11.8. The Morgan fingerprint density at radius 2 is 1.59 bits per heavy atom. The molecule has 0 heterocycles. The number of carboxylic acids is 1. The maximum Gasteiger partial charge on any atom is 0.303 e. The van der Waals surface area contributed by atoms with Gasteiger partial charge in [-0.3, -0.25) is 4.79 Å². The molecule has 0 amide bonds. The minimum Gasteiger partial charge on any atom is -0.481 e. The van der Waals surface area contributed by atoms with Crippen molar-refractivity contribution in [2.45, 2.75) is 95.9 Å². The molecule has 0 saturated heterocycles. The fourth-order valence-electron chi connectivity index (χ4n) is 8.84. The summed E-state index contributed by atoms with van der Waals surface area (Å²) in [7, 11) is 0. The van der Waals surface area contributed by atoms with E-state index in [1.165, 1.54) is 0 Å². The highest BCUT2D eigenvalue weighted by Crippen LogP contribution is 2.69. The smallest absolute Gasteiger partial charge is 0.303 e. The summed E-state index contributed by atoms with van der Waals surface area (Å²) in [6.07, 6.45) is -1.43. The highest BCUT2D eigenvalue weighted by Gasteiger charge is 2.72. The predicted molar refractivity (Wildman–Crippen MR) is 114 cm³/mol. The van der Waals surface area contributed by atoms with Gasteiger partial charge in [0.25, 0.3) is 0 Å². The normalized spacial score (nSPS) is 53.1. The average Bonchev–Trinajstić information content (AvgIpc) is 3.06. The summed E-state index contributed by atoms with van der Waals surface area (Å²) in [6, 6.07) is 0. The van der Waals surface area contributed by atoms with E-state index in [0.717, 1.165) is 12.8 Å². The molecule has 0 bridgehead atoms. The molecule has 4 rings (SSSR count). The van der Waals surface area contributed by atoms with Gasteiger partial charge in [-0.2, -0.15) is 0 Å². The van der Waals surface area contributed by atoms with Crippen molar-refractivity contribution in [1.82, 2.24) is 0 Å². The summed E-state index contributed by atoms with van der Waals surface area (Å²) in [4.78, 5) is 11.1. The SMILES string of the molecule is CC(CCC(=O)O)C1CCC2C3C(O)CC4CC(O)C(O)C(O)(O)C4(C)C3CC(O)C12C. The molecule has 12 atom stereocenters. The Labute approximate surface area is 189 Å². The molecule has 0 aromatic rings. The van der Waals surface area contributed by atoms with E-state index in [4.69, 9.17) is 5.11 Å². The van der Waals surface area contributed by atoms with E-state index in [1.807, 2.05) is 6.92 Å². The molecule has 12 unspecified atom stereocenters. The first-order valence-corrected chi connectivity index (χ1v) is 12.2. The highest BCUT2D eigenvalue weighted by molar-refractivity contribution is 5.66. The molecule has 8 nitrogen and oxygen atoms in total. The molecular weight excluding hydrogens is 416 g/mol. The van der Waals surface area contributed by atoms with E-state index in [9.17, 15) is 35.4 Å². The molecule has 184 valence electrons. The number of rotatable bonds is 4. The first kappa shape index (κ1) is 24.4. The van der Waals surface area contributed by atoms with E-state index in [-0.39, 0.29) is 42.9 Å². The molecule has 4 saturated carbocycles. The van der Waals surface area contributed by atoms with Gasteiger partial charge >= 0.3 is 5.97 Å². The molecule has 7 N–H and O–H groups in total. The van der Waals surface area contributed by atoms with Crippen molar-refractivity contribution < 1.29 is 40.5 Å². The van der Waals surface area contributed by atoms with Crippen molar-refractivity contribution in [3.63, 3.8) is 0 Å². The standard InChI is InChI=1S/C24H40O8/c1-11(4-7-19(28)29)13-5-6-14-20-15(10-18(27)22(13,14)2)23(3)12(8-16(20)25)9-17(26)21(30)24(23,31)32/h11-18,20-21,25-27,30-32H,4-10H2,1-3H3,(H,28,29). The average molecular weight is 457 g/mol. The van der Waals surface area contributed by atoms with Gasteiger partial charge in [-0.25, -0.2) is 0 Å². The van der Waals surface area contributed by atoms with Crippen LogP contribution in [-0.4, -0.2) is 71.9 Å². The van der Waals surface area contributed by atoms with Gasteiger partial charge in [-0.15, -0.1) is 0 Å². The third kappa shape index (κ3) is 3.13. The molecule has 0 spiro atoms. The largest absolute Gasteiger partial charge is 0.481 e. The van der Waals surface area contributed by atoms with Crippen molar-refractivity contribution in [1.29, 1.82) is 0 Å². The molecule has 8 heteroatoms. The van der Waals surface area contributed by atoms with Crippen molar-refractivity contribution >= 4 is 5.97 Å². The lowest BCUT2D eigenvalue weighted by molar-refractivity contribution is -0.374. The van der Waals surface area contributed by atoms with E-state index in [2.05, 4.69) is 6.92 Å². The molecule has 0 radical (unpaired) electrons. The van der Waals surface area contributed by atoms with Crippen LogP contribution < -0.4 is 0 Å². The number of hydrogen-bond donors (Lipinski definition) is 7. The summed E-state index contributed by atoms with van der Waals surface area (Å²) in [5.41, 5.74) is -1.67. The zero-order valence-corrected chi connectivity index (χ0v) is 19.3. The topological polar surface area (TPSA) is 159 Å². The summed E-state index contributed by atoms with van der Waals surface area (Å²) in [6.45, 7) is 5.83. The van der Waals surface area contributed by atoms with Gasteiger partial charge in [0.15, 0.2) is 5.79 Å². The third-order valence-corrected chi connectivity index (χ3v) is 10.7. The lowest BCUT2D eigenvalue weighted by Gasteiger charge is -2.66. The number of fused-ring (bicyclic) bond motifs is 5. The van der Waals surface area contributed by atoms with Crippen LogP contribution in [0.25, 0.3) is 0 Å².